The van der Waals surface area contributed by atoms with Crippen LogP contribution in [0.25, 0.3) is 11.5 Å². The highest BCUT2D eigenvalue weighted by Crippen LogP contribution is 2.28. The molecular weight excluding hydrogens is 389 g/mol. The van der Waals surface area contributed by atoms with E-state index in [9.17, 15) is 9.90 Å². The molecule has 0 aliphatic heterocycles. The van der Waals surface area contributed by atoms with Crippen LogP contribution in [-0.4, -0.2) is 42.0 Å². The predicted octanol–water partition coefficient (Wildman–Crippen LogP) is 1.53. The topological polar surface area (TPSA) is 113 Å². The summed E-state index contributed by atoms with van der Waals surface area (Å²) < 4.78 is 3.43. The summed E-state index contributed by atoms with van der Waals surface area (Å²) in [6.07, 6.45) is 1.64. The van der Waals surface area contributed by atoms with Gasteiger partial charge in [-0.1, -0.05) is 46.6 Å². The molecule has 0 saturated carbocycles. The molecule has 0 aromatic carbocycles. The summed E-state index contributed by atoms with van der Waals surface area (Å²) >= 11 is 17.3. The molecule has 0 radical (unpaired) electrons. The summed E-state index contributed by atoms with van der Waals surface area (Å²) in [5, 5.41) is 17.3. The predicted molar refractivity (Wildman–Crippen MR) is 85.8 cm³/mol. The van der Waals surface area contributed by atoms with E-state index in [0.29, 0.717) is 5.89 Å². The number of amides is 1. The molecule has 1 amide bonds. The SMILES string of the molecule is O=C(CSc1nnc(-c2ccncc2)o1)NN[C@@H](O)C(Cl)(Cl)Cl. The highest BCUT2D eigenvalue weighted by molar-refractivity contribution is 7.99. The van der Waals surface area contributed by atoms with Crippen LogP contribution in [0.1, 0.15) is 0 Å². The molecule has 0 unspecified atom stereocenters. The number of aliphatic hydroxyl groups is 1. The van der Waals surface area contributed by atoms with E-state index in [-0.39, 0.29) is 11.0 Å². The van der Waals surface area contributed by atoms with Gasteiger partial charge in [-0.25, -0.2) is 5.43 Å². The number of hydrazine groups is 1. The Morgan fingerprint density at radius 2 is 2.04 bits per heavy atom. The van der Waals surface area contributed by atoms with E-state index in [0.717, 1.165) is 17.3 Å². The second-order valence-corrected chi connectivity index (χ2v) is 7.33. The van der Waals surface area contributed by atoms with Crippen LogP contribution in [0.3, 0.4) is 0 Å². The molecule has 2 aromatic rings. The number of nitrogens with zero attached hydrogens (tertiary/aromatic N) is 3. The summed E-state index contributed by atoms with van der Waals surface area (Å²) in [4.78, 5) is 15.5. The highest BCUT2D eigenvalue weighted by atomic mass is 35.6. The fourth-order valence-corrected chi connectivity index (χ4v) is 2.00. The molecule has 0 aliphatic carbocycles. The summed E-state index contributed by atoms with van der Waals surface area (Å²) in [6.45, 7) is 0. The number of hydrogen-bond acceptors (Lipinski definition) is 8. The zero-order valence-electron chi connectivity index (χ0n) is 11.2. The summed E-state index contributed by atoms with van der Waals surface area (Å²) in [5.41, 5.74) is 5.07. The molecule has 2 aromatic heterocycles. The standard InChI is InChI=1S/C11H10Cl3N5O3S/c12-11(13,14)9(21)18-16-7(20)5-23-10-19-17-8(22-10)6-1-3-15-4-2-6/h1-4,9,18,21H,5H2,(H,16,20)/t9-/m0/s1. The number of rotatable bonds is 6. The number of carbonyl (C=O) groups excluding carboxylic acids is 1. The Hall–Kier alpha value is -1.10. The first-order valence-electron chi connectivity index (χ1n) is 6.02. The molecule has 12 heteroatoms. The maximum absolute atomic E-state index is 11.6. The van der Waals surface area contributed by atoms with Crippen LogP contribution in [0.15, 0.2) is 34.2 Å². The molecule has 3 N–H and O–H groups in total. The number of pyridine rings is 1. The van der Waals surface area contributed by atoms with E-state index >= 15 is 0 Å². The van der Waals surface area contributed by atoms with Gasteiger partial charge in [0.05, 0.1) is 5.75 Å². The van der Waals surface area contributed by atoms with Crippen molar-refractivity contribution < 1.29 is 14.3 Å². The van der Waals surface area contributed by atoms with Crippen LogP contribution in [0.2, 0.25) is 0 Å². The van der Waals surface area contributed by atoms with Crippen LogP contribution in [-0.2, 0) is 4.79 Å². The Bertz CT molecular complexity index is 652. The third-order valence-electron chi connectivity index (χ3n) is 2.32. The van der Waals surface area contributed by atoms with Crippen molar-refractivity contribution in [3.05, 3.63) is 24.5 Å². The average Bonchev–Trinajstić information content (AvgIpc) is 2.99. The molecule has 0 aliphatic rings. The highest BCUT2D eigenvalue weighted by Gasteiger charge is 2.30. The number of aromatic nitrogens is 3. The lowest BCUT2D eigenvalue weighted by Crippen LogP contribution is -2.50. The zero-order valence-corrected chi connectivity index (χ0v) is 14.3. The van der Waals surface area contributed by atoms with Gasteiger partial charge in [-0.15, -0.1) is 10.2 Å². The minimum atomic E-state index is -1.97. The number of thioether (sulfide) groups is 1. The monoisotopic (exact) mass is 397 g/mol. The third kappa shape index (κ3) is 5.79. The van der Waals surface area contributed by atoms with Crippen LogP contribution in [0.5, 0.6) is 0 Å². The largest absolute Gasteiger partial charge is 0.411 e. The Morgan fingerprint density at radius 3 is 2.70 bits per heavy atom. The molecule has 2 rings (SSSR count). The number of alkyl halides is 3. The summed E-state index contributed by atoms with van der Waals surface area (Å²) in [7, 11) is 0. The van der Waals surface area contributed by atoms with Crippen molar-refractivity contribution in [2.45, 2.75) is 15.2 Å². The normalized spacial score (nSPS) is 12.9. The third-order valence-corrected chi connectivity index (χ3v) is 3.76. The minimum Gasteiger partial charge on any atom is -0.411 e. The second kappa shape index (κ2) is 8.13. The lowest BCUT2D eigenvalue weighted by Gasteiger charge is -2.20. The quantitative estimate of drug-likeness (QED) is 0.291. The minimum absolute atomic E-state index is 0.0441. The number of hydrogen-bond donors (Lipinski definition) is 3. The van der Waals surface area contributed by atoms with Gasteiger partial charge in [-0.3, -0.25) is 15.2 Å². The van der Waals surface area contributed by atoms with Crippen molar-refractivity contribution in [1.29, 1.82) is 0 Å². The van der Waals surface area contributed by atoms with Crippen molar-refractivity contribution in [2.24, 2.45) is 0 Å². The van der Waals surface area contributed by atoms with Crippen LogP contribution < -0.4 is 10.9 Å². The summed E-state index contributed by atoms with van der Waals surface area (Å²) in [5.74, 6) is -0.204. The Kier molecular flexibility index (Phi) is 6.45. The van der Waals surface area contributed by atoms with E-state index in [1.807, 2.05) is 0 Å². The van der Waals surface area contributed by atoms with E-state index in [1.54, 1.807) is 24.5 Å². The Labute approximate surface area is 149 Å². The number of nitrogens with one attached hydrogen (secondary N) is 2. The summed E-state index contributed by atoms with van der Waals surface area (Å²) in [6, 6.07) is 3.44. The molecule has 0 bridgehead atoms. The second-order valence-electron chi connectivity index (χ2n) is 4.03. The van der Waals surface area contributed by atoms with Crippen molar-refractivity contribution in [3.8, 4) is 11.5 Å². The van der Waals surface area contributed by atoms with Gasteiger partial charge in [-0.05, 0) is 12.1 Å². The van der Waals surface area contributed by atoms with Crippen LogP contribution in [0.4, 0.5) is 0 Å². The van der Waals surface area contributed by atoms with E-state index in [2.05, 4.69) is 26.0 Å². The lowest BCUT2D eigenvalue weighted by molar-refractivity contribution is -0.120. The van der Waals surface area contributed by atoms with Gasteiger partial charge in [0, 0.05) is 18.0 Å². The first-order valence-corrected chi connectivity index (χ1v) is 8.14. The molecular formula is C11H10Cl3N5O3S. The van der Waals surface area contributed by atoms with E-state index < -0.39 is 15.9 Å². The van der Waals surface area contributed by atoms with Gasteiger partial charge < -0.3 is 9.52 Å². The smallest absolute Gasteiger partial charge is 0.277 e. The number of carbonyl (C=O) groups is 1. The van der Waals surface area contributed by atoms with Gasteiger partial charge in [0.2, 0.25) is 15.6 Å². The Morgan fingerprint density at radius 1 is 1.35 bits per heavy atom. The van der Waals surface area contributed by atoms with Gasteiger partial charge in [0.1, 0.15) is 0 Å². The first-order chi connectivity index (χ1) is 10.9. The van der Waals surface area contributed by atoms with Gasteiger partial charge >= 0.3 is 0 Å². The fraction of sp³-hybridized carbons (Fsp3) is 0.273. The lowest BCUT2D eigenvalue weighted by atomic mass is 10.3. The van der Waals surface area contributed by atoms with Crippen molar-refractivity contribution in [2.75, 3.05) is 5.75 Å². The molecule has 0 saturated heterocycles. The molecule has 8 nitrogen and oxygen atoms in total. The molecule has 23 heavy (non-hydrogen) atoms. The number of halogens is 3. The van der Waals surface area contributed by atoms with Crippen molar-refractivity contribution in [1.82, 2.24) is 26.0 Å². The van der Waals surface area contributed by atoms with Crippen LogP contribution >= 0.6 is 46.6 Å². The Balaban J connectivity index is 1.80. The number of aliphatic hydroxyl groups excluding tert-OH is 1. The average molecular weight is 399 g/mol. The van der Waals surface area contributed by atoms with Gasteiger partial charge in [0.25, 0.3) is 5.22 Å². The maximum atomic E-state index is 11.6. The van der Waals surface area contributed by atoms with Crippen LogP contribution in [0, 0.1) is 0 Å². The van der Waals surface area contributed by atoms with E-state index in [4.69, 9.17) is 39.2 Å². The molecule has 1 atom stereocenters. The van der Waals surface area contributed by atoms with Gasteiger partial charge in [0.15, 0.2) is 6.23 Å². The van der Waals surface area contributed by atoms with Crippen molar-refractivity contribution in [3.63, 3.8) is 0 Å². The molecule has 124 valence electrons. The first kappa shape index (κ1) is 18.2. The fourth-order valence-electron chi connectivity index (χ4n) is 1.27. The maximum Gasteiger partial charge on any atom is 0.277 e. The van der Waals surface area contributed by atoms with Crippen molar-refractivity contribution >= 4 is 52.5 Å². The molecule has 2 heterocycles. The molecule has 0 spiro atoms. The molecule has 0 fully saturated rings. The van der Waals surface area contributed by atoms with Gasteiger partial charge in [-0.2, -0.15) is 0 Å². The zero-order chi connectivity index (χ0) is 16.9. The van der Waals surface area contributed by atoms with E-state index in [1.165, 1.54) is 0 Å².